The third-order valence-corrected chi connectivity index (χ3v) is 5.20. The number of hydrogen-bond acceptors (Lipinski definition) is 3. The number of ether oxygens (including phenoxy) is 2. The lowest BCUT2D eigenvalue weighted by Gasteiger charge is -2.12. The number of aliphatic carboxylic acids is 1. The fourth-order valence-electron chi connectivity index (χ4n) is 3.29. The van der Waals surface area contributed by atoms with E-state index in [1.807, 2.05) is 38.1 Å². The maximum Gasteiger partial charge on any atom is 0.307 e. The summed E-state index contributed by atoms with van der Waals surface area (Å²) in [6.45, 7) is 4.00. The van der Waals surface area contributed by atoms with Gasteiger partial charge in [0.25, 0.3) is 0 Å². The van der Waals surface area contributed by atoms with Crippen LogP contribution in [0.2, 0.25) is 0 Å². The highest BCUT2D eigenvalue weighted by molar-refractivity contribution is 9.10. The predicted molar refractivity (Wildman–Crippen MR) is 105 cm³/mol. The summed E-state index contributed by atoms with van der Waals surface area (Å²) in [5.41, 5.74) is 5.43. The third kappa shape index (κ3) is 3.05. The van der Waals surface area contributed by atoms with E-state index < -0.39 is 5.97 Å². The molecule has 0 aliphatic heterocycles. The highest BCUT2D eigenvalue weighted by atomic mass is 79.9. The molecule has 26 heavy (non-hydrogen) atoms. The Bertz CT molecular complexity index is 1010. The zero-order valence-corrected chi connectivity index (χ0v) is 16.7. The number of nitrogens with one attached hydrogen (secondary N) is 1. The largest absolute Gasteiger partial charge is 0.493 e. The molecule has 0 saturated heterocycles. The SMILES string of the molecule is COc1cc(Br)c(-c2[nH]c3c(C)ccc(C)c3c2CC(=O)O)cc1OC. The summed E-state index contributed by atoms with van der Waals surface area (Å²) < 4.78 is 11.6. The molecule has 6 heteroatoms. The molecule has 0 atom stereocenters. The number of carboxylic acid groups (broad SMARTS) is 1. The molecule has 2 aromatic carbocycles. The van der Waals surface area contributed by atoms with Crippen molar-refractivity contribution >= 4 is 32.8 Å². The van der Waals surface area contributed by atoms with E-state index in [1.54, 1.807) is 14.2 Å². The number of aromatic nitrogens is 1. The van der Waals surface area contributed by atoms with E-state index >= 15 is 0 Å². The molecule has 0 fully saturated rings. The molecular weight excluding hydrogens is 398 g/mol. The van der Waals surface area contributed by atoms with Gasteiger partial charge in [-0.25, -0.2) is 0 Å². The monoisotopic (exact) mass is 417 g/mol. The Hall–Kier alpha value is -2.47. The van der Waals surface area contributed by atoms with Crippen molar-refractivity contribution in [3.63, 3.8) is 0 Å². The summed E-state index contributed by atoms with van der Waals surface area (Å²) >= 11 is 3.58. The van der Waals surface area contributed by atoms with E-state index in [4.69, 9.17) is 9.47 Å². The Morgan fingerprint density at radius 1 is 1.12 bits per heavy atom. The fraction of sp³-hybridized carbons (Fsp3) is 0.250. The second kappa shape index (κ2) is 7.03. The van der Waals surface area contributed by atoms with Crippen LogP contribution in [-0.2, 0) is 11.2 Å². The number of rotatable bonds is 5. The van der Waals surface area contributed by atoms with Gasteiger partial charge in [0, 0.05) is 20.9 Å². The lowest BCUT2D eigenvalue weighted by molar-refractivity contribution is -0.136. The summed E-state index contributed by atoms with van der Waals surface area (Å²) in [5.74, 6) is 0.315. The van der Waals surface area contributed by atoms with Gasteiger partial charge in [-0.05, 0) is 58.6 Å². The van der Waals surface area contributed by atoms with Crippen molar-refractivity contribution < 1.29 is 19.4 Å². The van der Waals surface area contributed by atoms with Gasteiger partial charge < -0.3 is 19.6 Å². The molecule has 2 N–H and O–H groups in total. The van der Waals surface area contributed by atoms with Crippen molar-refractivity contribution in [1.82, 2.24) is 4.98 Å². The smallest absolute Gasteiger partial charge is 0.307 e. The van der Waals surface area contributed by atoms with Crippen LogP contribution >= 0.6 is 15.9 Å². The van der Waals surface area contributed by atoms with E-state index in [9.17, 15) is 9.90 Å². The second-order valence-corrected chi connectivity index (χ2v) is 7.04. The van der Waals surface area contributed by atoms with E-state index in [-0.39, 0.29) is 6.42 Å². The quantitative estimate of drug-likeness (QED) is 0.621. The summed E-state index contributed by atoms with van der Waals surface area (Å²) in [6.07, 6.45) is -0.0690. The molecule has 3 aromatic rings. The number of hydrogen-bond donors (Lipinski definition) is 2. The first-order valence-corrected chi connectivity index (χ1v) is 8.91. The molecule has 1 heterocycles. The van der Waals surface area contributed by atoms with Gasteiger partial charge in [0.05, 0.1) is 26.3 Å². The maximum absolute atomic E-state index is 11.5. The average molecular weight is 418 g/mol. The molecule has 5 nitrogen and oxygen atoms in total. The van der Waals surface area contributed by atoms with Gasteiger partial charge in [-0.2, -0.15) is 0 Å². The first kappa shape index (κ1) is 18.3. The molecule has 0 saturated carbocycles. The highest BCUT2D eigenvalue weighted by Gasteiger charge is 2.21. The predicted octanol–water partition coefficient (Wildman–Crippen LogP) is 4.86. The van der Waals surface area contributed by atoms with Crippen LogP contribution in [-0.4, -0.2) is 30.3 Å². The first-order chi connectivity index (χ1) is 12.4. The van der Waals surface area contributed by atoms with Gasteiger partial charge in [-0.15, -0.1) is 0 Å². The number of H-pyrrole nitrogens is 1. The second-order valence-electron chi connectivity index (χ2n) is 6.19. The minimum Gasteiger partial charge on any atom is -0.493 e. The van der Waals surface area contributed by atoms with Crippen LogP contribution in [0.5, 0.6) is 11.5 Å². The molecule has 0 spiro atoms. The van der Waals surface area contributed by atoms with E-state index in [2.05, 4.69) is 20.9 Å². The fourth-order valence-corrected chi connectivity index (χ4v) is 3.81. The average Bonchev–Trinajstić information content (AvgIpc) is 2.97. The lowest BCUT2D eigenvalue weighted by Crippen LogP contribution is -2.02. The first-order valence-electron chi connectivity index (χ1n) is 8.11. The minimum atomic E-state index is -0.871. The third-order valence-electron chi connectivity index (χ3n) is 4.55. The van der Waals surface area contributed by atoms with Crippen LogP contribution in [0.15, 0.2) is 28.7 Å². The number of carbonyl (C=O) groups is 1. The van der Waals surface area contributed by atoms with Gasteiger partial charge in [0.1, 0.15) is 0 Å². The van der Waals surface area contributed by atoms with Gasteiger partial charge in [-0.1, -0.05) is 12.1 Å². The molecule has 0 bridgehead atoms. The molecular formula is C20H20BrNO4. The van der Waals surface area contributed by atoms with Crippen LogP contribution in [0.3, 0.4) is 0 Å². The van der Waals surface area contributed by atoms with Crippen molar-refractivity contribution in [2.45, 2.75) is 20.3 Å². The minimum absolute atomic E-state index is 0.0690. The number of halogens is 1. The number of fused-ring (bicyclic) bond motifs is 1. The molecule has 0 aliphatic rings. The van der Waals surface area contributed by atoms with Crippen molar-refractivity contribution in [2.24, 2.45) is 0 Å². The van der Waals surface area contributed by atoms with E-state index in [0.29, 0.717) is 11.5 Å². The van der Waals surface area contributed by atoms with Crippen molar-refractivity contribution in [1.29, 1.82) is 0 Å². The molecule has 0 amide bonds. The molecule has 3 rings (SSSR count). The normalized spacial score (nSPS) is 11.0. The van der Waals surface area contributed by atoms with Gasteiger partial charge in [-0.3, -0.25) is 4.79 Å². The van der Waals surface area contributed by atoms with Crippen LogP contribution in [0, 0.1) is 13.8 Å². The number of aromatic amines is 1. The highest BCUT2D eigenvalue weighted by Crippen LogP contribution is 2.42. The topological polar surface area (TPSA) is 71.6 Å². The van der Waals surface area contributed by atoms with Gasteiger partial charge >= 0.3 is 5.97 Å². The number of carboxylic acids is 1. The summed E-state index contributed by atoms with van der Waals surface area (Å²) in [4.78, 5) is 15.0. The van der Waals surface area contributed by atoms with Crippen LogP contribution in [0.25, 0.3) is 22.2 Å². The lowest BCUT2D eigenvalue weighted by atomic mass is 9.98. The number of benzene rings is 2. The van der Waals surface area contributed by atoms with E-state index in [0.717, 1.165) is 43.3 Å². The van der Waals surface area contributed by atoms with Crippen molar-refractivity contribution in [3.8, 4) is 22.8 Å². The molecule has 0 aliphatic carbocycles. The Labute approximate surface area is 160 Å². The maximum atomic E-state index is 11.5. The number of aryl methyl sites for hydroxylation is 2. The van der Waals surface area contributed by atoms with Gasteiger partial charge in [0.15, 0.2) is 11.5 Å². The zero-order valence-electron chi connectivity index (χ0n) is 15.1. The van der Waals surface area contributed by atoms with Crippen molar-refractivity contribution in [3.05, 3.63) is 45.4 Å². The molecule has 0 radical (unpaired) electrons. The van der Waals surface area contributed by atoms with Crippen LogP contribution < -0.4 is 9.47 Å². The Morgan fingerprint density at radius 2 is 1.73 bits per heavy atom. The van der Waals surface area contributed by atoms with Crippen LogP contribution in [0.4, 0.5) is 0 Å². The Balaban J connectivity index is 2.36. The van der Waals surface area contributed by atoms with E-state index in [1.165, 1.54) is 0 Å². The van der Waals surface area contributed by atoms with Crippen molar-refractivity contribution in [2.75, 3.05) is 14.2 Å². The Kier molecular flexibility index (Phi) is 4.96. The standard InChI is InChI=1S/C20H20BrNO4/c1-10-5-6-11(2)19-18(10)13(8-17(23)24)20(22-19)12-7-15(25-3)16(26-4)9-14(12)21/h5-7,9,22H,8H2,1-4H3,(H,23,24). The summed E-state index contributed by atoms with van der Waals surface area (Å²) in [7, 11) is 3.16. The Morgan fingerprint density at radius 3 is 2.35 bits per heavy atom. The van der Waals surface area contributed by atoms with Crippen LogP contribution in [0.1, 0.15) is 16.7 Å². The molecule has 1 aromatic heterocycles. The zero-order chi connectivity index (χ0) is 19.0. The van der Waals surface area contributed by atoms with Gasteiger partial charge in [0.2, 0.25) is 0 Å². The summed E-state index contributed by atoms with van der Waals surface area (Å²) in [5, 5.41) is 10.4. The molecule has 136 valence electrons. The molecule has 0 unspecified atom stereocenters. The number of methoxy groups -OCH3 is 2. The summed E-state index contributed by atoms with van der Waals surface area (Å²) in [6, 6.07) is 7.73.